The van der Waals surface area contributed by atoms with Crippen LogP contribution in [0, 0.1) is 5.82 Å². The van der Waals surface area contributed by atoms with Gasteiger partial charge in [-0.2, -0.15) is 0 Å². The van der Waals surface area contributed by atoms with E-state index in [2.05, 4.69) is 0 Å². The number of carbonyl (C=O) groups excluding carboxylic acids is 1. The Morgan fingerprint density at radius 1 is 1.12 bits per heavy atom. The molecule has 88 valence electrons. The zero-order chi connectivity index (χ0) is 12.3. The van der Waals surface area contributed by atoms with Crippen LogP contribution in [0.2, 0.25) is 0 Å². The Labute approximate surface area is 92.9 Å². The summed E-state index contributed by atoms with van der Waals surface area (Å²) >= 11 is 0. The fourth-order valence-corrected chi connectivity index (χ4v) is 1.41. The van der Waals surface area contributed by atoms with Crippen molar-refractivity contribution in [1.29, 1.82) is 0 Å². The maximum absolute atomic E-state index is 13.8. The van der Waals surface area contributed by atoms with Crippen LogP contribution >= 0.6 is 0 Å². The molecule has 0 aliphatic rings. The average Bonchev–Trinajstić information content (AvgIpc) is 2.27. The molecule has 0 aliphatic carbocycles. The van der Waals surface area contributed by atoms with E-state index in [9.17, 15) is 9.18 Å². The largest absolute Gasteiger partial charge is 0.494 e. The molecule has 1 aromatic carbocycles. The van der Waals surface area contributed by atoms with Crippen LogP contribution in [0.4, 0.5) is 4.39 Å². The van der Waals surface area contributed by atoms with E-state index in [4.69, 9.17) is 14.2 Å². The first-order chi connectivity index (χ1) is 7.56. The predicted molar refractivity (Wildman–Crippen MR) is 56.1 cm³/mol. The van der Waals surface area contributed by atoms with Crippen molar-refractivity contribution in [2.75, 3.05) is 21.3 Å². The third kappa shape index (κ3) is 1.93. The highest BCUT2D eigenvalue weighted by Crippen LogP contribution is 2.38. The van der Waals surface area contributed by atoms with Gasteiger partial charge in [-0.05, 0) is 6.92 Å². The zero-order valence-corrected chi connectivity index (χ0v) is 9.59. The maximum Gasteiger partial charge on any atom is 0.179 e. The monoisotopic (exact) mass is 228 g/mol. The van der Waals surface area contributed by atoms with Crippen molar-refractivity contribution < 1.29 is 23.4 Å². The summed E-state index contributed by atoms with van der Waals surface area (Å²) in [5.41, 5.74) is -0.168. The Balaban J connectivity index is 3.57. The summed E-state index contributed by atoms with van der Waals surface area (Å²) in [7, 11) is 4.06. The standard InChI is InChI=1S/C11H13FO4/c1-6(13)9-10(12)7(14-2)5-8(15-3)11(9)16-4/h5H,1-4H3. The molecule has 0 saturated heterocycles. The van der Waals surface area contributed by atoms with Gasteiger partial charge in [-0.25, -0.2) is 4.39 Å². The summed E-state index contributed by atoms with van der Waals surface area (Å²) in [6, 6.07) is 1.33. The van der Waals surface area contributed by atoms with Gasteiger partial charge in [0.25, 0.3) is 0 Å². The number of hydrogen-bond donors (Lipinski definition) is 0. The average molecular weight is 228 g/mol. The van der Waals surface area contributed by atoms with Crippen LogP contribution in [0.25, 0.3) is 0 Å². The minimum absolute atomic E-state index is 0.0529. The number of carbonyl (C=O) groups is 1. The summed E-state index contributed by atoms with van der Waals surface area (Å²) in [6.45, 7) is 1.25. The molecule has 0 atom stereocenters. The Morgan fingerprint density at radius 3 is 2.06 bits per heavy atom. The molecule has 1 rings (SSSR count). The molecule has 0 aliphatic heterocycles. The molecule has 0 bridgehead atoms. The summed E-state index contributed by atoms with van der Waals surface area (Å²) in [5, 5.41) is 0. The van der Waals surface area contributed by atoms with Crippen molar-refractivity contribution in [2.24, 2.45) is 0 Å². The van der Waals surface area contributed by atoms with Crippen molar-refractivity contribution in [2.45, 2.75) is 6.92 Å². The molecule has 4 nitrogen and oxygen atoms in total. The highest BCUT2D eigenvalue weighted by Gasteiger charge is 2.23. The second-order valence-corrected chi connectivity index (χ2v) is 3.06. The lowest BCUT2D eigenvalue weighted by Gasteiger charge is -2.14. The third-order valence-electron chi connectivity index (χ3n) is 2.14. The number of ether oxygens (including phenoxy) is 3. The molecule has 0 spiro atoms. The van der Waals surface area contributed by atoms with Crippen LogP contribution < -0.4 is 14.2 Å². The minimum atomic E-state index is -0.743. The van der Waals surface area contributed by atoms with Gasteiger partial charge < -0.3 is 14.2 Å². The molecule has 0 unspecified atom stereocenters. The van der Waals surface area contributed by atoms with Gasteiger partial charge in [0.15, 0.2) is 28.8 Å². The van der Waals surface area contributed by atoms with Crippen molar-refractivity contribution in [3.8, 4) is 17.2 Å². The molecule has 5 heteroatoms. The van der Waals surface area contributed by atoms with Crippen LogP contribution in [0.5, 0.6) is 17.2 Å². The second-order valence-electron chi connectivity index (χ2n) is 3.06. The van der Waals surface area contributed by atoms with Gasteiger partial charge in [0.1, 0.15) is 5.56 Å². The minimum Gasteiger partial charge on any atom is -0.494 e. The van der Waals surface area contributed by atoms with E-state index in [0.29, 0.717) is 0 Å². The summed E-state index contributed by atoms with van der Waals surface area (Å²) < 4.78 is 28.6. The normalized spacial score (nSPS) is 9.81. The van der Waals surface area contributed by atoms with Crippen molar-refractivity contribution in [3.05, 3.63) is 17.4 Å². The molecule has 0 saturated carbocycles. The highest BCUT2D eigenvalue weighted by molar-refractivity contribution is 5.98. The maximum atomic E-state index is 13.8. The molecule has 0 radical (unpaired) electrons. The molecule has 16 heavy (non-hydrogen) atoms. The van der Waals surface area contributed by atoms with Gasteiger partial charge in [-0.1, -0.05) is 0 Å². The van der Waals surface area contributed by atoms with Crippen LogP contribution in [0.3, 0.4) is 0 Å². The summed E-state index contributed by atoms with van der Waals surface area (Å²) in [4.78, 5) is 11.4. The molecule has 0 fully saturated rings. The lowest BCUT2D eigenvalue weighted by atomic mass is 10.1. The van der Waals surface area contributed by atoms with Gasteiger partial charge in [-0.15, -0.1) is 0 Å². The van der Waals surface area contributed by atoms with Crippen molar-refractivity contribution >= 4 is 5.78 Å². The first kappa shape index (κ1) is 12.3. The van der Waals surface area contributed by atoms with Crippen molar-refractivity contribution in [3.63, 3.8) is 0 Å². The lowest BCUT2D eigenvalue weighted by Crippen LogP contribution is -2.05. The van der Waals surface area contributed by atoms with E-state index in [0.717, 1.165) is 0 Å². The SMILES string of the molecule is COc1cc(OC)c(OC)c(C(C)=O)c1F. The molecule has 0 amide bonds. The van der Waals surface area contributed by atoms with Crippen molar-refractivity contribution in [1.82, 2.24) is 0 Å². The Morgan fingerprint density at radius 2 is 1.69 bits per heavy atom. The van der Waals surface area contributed by atoms with E-state index in [-0.39, 0.29) is 22.8 Å². The van der Waals surface area contributed by atoms with Gasteiger partial charge in [0.05, 0.1) is 21.3 Å². The van der Waals surface area contributed by atoms with E-state index in [1.165, 1.54) is 34.3 Å². The number of methoxy groups -OCH3 is 3. The van der Waals surface area contributed by atoms with Crippen LogP contribution in [0.15, 0.2) is 6.07 Å². The predicted octanol–water partition coefficient (Wildman–Crippen LogP) is 2.05. The summed E-state index contributed by atoms with van der Waals surface area (Å²) in [6.07, 6.45) is 0. The van der Waals surface area contributed by atoms with Gasteiger partial charge in [-0.3, -0.25) is 4.79 Å². The number of ketones is 1. The highest BCUT2D eigenvalue weighted by atomic mass is 19.1. The van der Waals surface area contributed by atoms with Crippen LogP contribution in [-0.4, -0.2) is 27.1 Å². The third-order valence-corrected chi connectivity index (χ3v) is 2.14. The van der Waals surface area contributed by atoms with Crippen LogP contribution in [-0.2, 0) is 0 Å². The van der Waals surface area contributed by atoms with E-state index in [1.807, 2.05) is 0 Å². The molecule has 0 aromatic heterocycles. The first-order valence-corrected chi connectivity index (χ1v) is 4.56. The topological polar surface area (TPSA) is 44.8 Å². The number of benzene rings is 1. The fraction of sp³-hybridized carbons (Fsp3) is 0.364. The number of Topliss-reactive ketones (excluding diaryl/α,β-unsaturated/α-hetero) is 1. The molecule has 0 N–H and O–H groups in total. The molecule has 1 aromatic rings. The van der Waals surface area contributed by atoms with E-state index < -0.39 is 11.6 Å². The van der Waals surface area contributed by atoms with Gasteiger partial charge in [0.2, 0.25) is 0 Å². The van der Waals surface area contributed by atoms with Crippen LogP contribution in [0.1, 0.15) is 17.3 Å². The quantitative estimate of drug-likeness (QED) is 0.740. The number of rotatable bonds is 4. The summed E-state index contributed by atoms with van der Waals surface area (Å²) in [5.74, 6) is -0.915. The van der Waals surface area contributed by atoms with Gasteiger partial charge in [0, 0.05) is 6.07 Å². The first-order valence-electron chi connectivity index (χ1n) is 4.56. The fourth-order valence-electron chi connectivity index (χ4n) is 1.41. The van der Waals surface area contributed by atoms with E-state index >= 15 is 0 Å². The molecular weight excluding hydrogens is 215 g/mol. The Kier molecular flexibility index (Phi) is 3.71. The van der Waals surface area contributed by atoms with E-state index in [1.54, 1.807) is 0 Å². The number of halogens is 1. The Hall–Kier alpha value is -1.78. The smallest absolute Gasteiger partial charge is 0.179 e. The second kappa shape index (κ2) is 4.83. The molecular formula is C11H13FO4. The Bertz CT molecular complexity index is 415. The van der Waals surface area contributed by atoms with Gasteiger partial charge >= 0.3 is 0 Å². The lowest BCUT2D eigenvalue weighted by molar-refractivity contribution is 0.100. The molecule has 0 heterocycles. The number of hydrogen-bond acceptors (Lipinski definition) is 4. The zero-order valence-electron chi connectivity index (χ0n) is 9.59.